The number of hydrogen-bond donors (Lipinski definition) is 1. The number of carbonyl (C=O) groups excluding carboxylic acids is 5. The molecule has 0 aliphatic carbocycles. The Morgan fingerprint density at radius 2 is 1.25 bits per heavy atom. The van der Waals surface area contributed by atoms with Crippen LogP contribution in [0.1, 0.15) is 74.2 Å². The van der Waals surface area contributed by atoms with Crippen molar-refractivity contribution in [2.75, 3.05) is 43.7 Å². The first kappa shape index (κ1) is 50.1. The molecule has 0 saturated carbocycles. The van der Waals surface area contributed by atoms with Gasteiger partial charge in [-0.3, -0.25) is 24.2 Å². The number of likely N-dealkylation sites (tertiary alicyclic amines) is 1. The Morgan fingerprint density at radius 1 is 0.696 bits per heavy atom. The summed E-state index contributed by atoms with van der Waals surface area (Å²) in [5, 5.41) is 3.93. The van der Waals surface area contributed by atoms with Crippen molar-refractivity contribution in [3.05, 3.63) is 154 Å². The number of esters is 1. The van der Waals surface area contributed by atoms with Crippen LogP contribution in [0.2, 0.25) is 10.0 Å². The van der Waals surface area contributed by atoms with E-state index in [-0.39, 0.29) is 55.6 Å². The number of carbonyl (C=O) groups is 5. The van der Waals surface area contributed by atoms with Crippen molar-refractivity contribution >= 4 is 64.5 Å². The molecule has 5 atom stereocenters. The highest BCUT2D eigenvalue weighted by atomic mass is 35.5. The third kappa shape index (κ3) is 12.9. The topological polar surface area (TPSA) is 153 Å². The van der Waals surface area contributed by atoms with E-state index in [0.717, 1.165) is 60.4 Å². The van der Waals surface area contributed by atoms with Gasteiger partial charge in [0.25, 0.3) is 0 Å². The third-order valence-corrected chi connectivity index (χ3v) is 12.8. The second kappa shape index (κ2) is 24.0. The summed E-state index contributed by atoms with van der Waals surface area (Å²) in [6.45, 7) is 3.64. The zero-order valence-corrected chi connectivity index (χ0v) is 40.3. The largest absolute Gasteiger partial charge is 0.497 e. The Labute approximate surface area is 412 Å². The maximum absolute atomic E-state index is 13.1. The molecule has 0 spiro atoms. The molecule has 5 aromatic carbocycles. The minimum absolute atomic E-state index is 0.0546. The van der Waals surface area contributed by atoms with E-state index in [4.69, 9.17) is 46.9 Å². The maximum atomic E-state index is 13.1. The highest BCUT2D eigenvalue weighted by Crippen LogP contribution is 2.41. The number of nitrogens with zero attached hydrogens (tertiary/aromatic N) is 3. The fourth-order valence-electron chi connectivity index (χ4n) is 8.68. The molecule has 14 nitrogen and oxygen atoms in total. The summed E-state index contributed by atoms with van der Waals surface area (Å²) in [4.78, 5) is 66.6. The lowest BCUT2D eigenvalue weighted by atomic mass is 9.94. The van der Waals surface area contributed by atoms with Crippen molar-refractivity contribution < 1.29 is 47.7 Å². The molecule has 69 heavy (non-hydrogen) atoms. The number of amides is 4. The molecule has 4 saturated heterocycles. The third-order valence-electron chi connectivity index (χ3n) is 12.3. The quantitative estimate of drug-likeness (QED) is 0.0944. The normalized spacial score (nSPS) is 20.9. The molecular formula is C53H56Cl2N4O10. The lowest BCUT2D eigenvalue weighted by Crippen LogP contribution is -2.46. The van der Waals surface area contributed by atoms with Gasteiger partial charge in [-0.1, -0.05) is 84.7 Å². The molecule has 0 bridgehead atoms. The Hall–Kier alpha value is -6.77. The molecule has 4 aliphatic heterocycles. The molecule has 1 unspecified atom stereocenters. The molecule has 9 rings (SSSR count). The van der Waals surface area contributed by atoms with Gasteiger partial charge in [0.15, 0.2) is 0 Å². The lowest BCUT2D eigenvalue weighted by molar-refractivity contribution is -0.156. The van der Waals surface area contributed by atoms with Crippen LogP contribution in [0.15, 0.2) is 127 Å². The number of anilines is 2. The van der Waals surface area contributed by atoms with Gasteiger partial charge in [0.1, 0.15) is 42.4 Å². The van der Waals surface area contributed by atoms with Gasteiger partial charge in [0.2, 0.25) is 11.8 Å². The molecular weight excluding hydrogens is 924 g/mol. The molecule has 0 radical (unpaired) electrons. The van der Waals surface area contributed by atoms with Crippen LogP contribution in [-0.4, -0.2) is 80.9 Å². The molecule has 16 heteroatoms. The number of hydrogen-bond acceptors (Lipinski definition) is 10. The smallest absolute Gasteiger partial charge is 0.415 e. The molecule has 5 aromatic rings. The number of rotatable bonds is 12. The van der Waals surface area contributed by atoms with Gasteiger partial charge in [-0.25, -0.2) is 9.59 Å². The van der Waals surface area contributed by atoms with Crippen LogP contribution in [0.4, 0.5) is 21.0 Å². The van der Waals surface area contributed by atoms with Crippen molar-refractivity contribution in [2.24, 2.45) is 5.92 Å². The summed E-state index contributed by atoms with van der Waals surface area (Å²) in [6.07, 6.45) is 2.55. The van der Waals surface area contributed by atoms with E-state index in [2.05, 4.69) is 5.32 Å². The number of halogens is 2. The van der Waals surface area contributed by atoms with Gasteiger partial charge in [-0.05, 0) is 115 Å². The minimum atomic E-state index is -0.634. The maximum Gasteiger partial charge on any atom is 0.415 e. The SMILES string of the molecule is CC[C@@H]1OC(=O)N(c2ccc(Cl)cc2)[C@H]1c1cccc(OC)c1.COc1cccc([C@H]2[C@H](CN3CCC(C(=O)OCc4ccccc4)CC3=O)OC(=O)N2c2ccc(Cl)cc2)c1.O=C1CCCCN1. The average Bonchev–Trinajstić information content (AvgIpc) is 3.90. The van der Waals surface area contributed by atoms with Crippen molar-refractivity contribution in [1.82, 2.24) is 10.2 Å². The number of piperidine rings is 2. The van der Waals surface area contributed by atoms with Crippen LogP contribution < -0.4 is 24.6 Å². The van der Waals surface area contributed by atoms with Crippen LogP contribution in [0.5, 0.6) is 11.5 Å². The minimum Gasteiger partial charge on any atom is -0.497 e. The second-order valence-corrected chi connectivity index (χ2v) is 17.7. The van der Waals surface area contributed by atoms with Gasteiger partial charge >= 0.3 is 18.2 Å². The number of methoxy groups -OCH3 is 2. The zero-order valence-electron chi connectivity index (χ0n) is 38.8. The van der Waals surface area contributed by atoms with Crippen LogP contribution in [-0.2, 0) is 35.2 Å². The first-order valence-electron chi connectivity index (χ1n) is 23.0. The van der Waals surface area contributed by atoms with Crippen LogP contribution in [0.25, 0.3) is 0 Å². The Bertz CT molecular complexity index is 2540. The van der Waals surface area contributed by atoms with Crippen LogP contribution >= 0.6 is 23.2 Å². The first-order valence-corrected chi connectivity index (χ1v) is 23.8. The zero-order chi connectivity index (χ0) is 48.9. The van der Waals surface area contributed by atoms with Gasteiger partial charge in [-0.2, -0.15) is 0 Å². The standard InChI is InChI=1S/C30H29ClN2O6.C18H18ClNO3.C5H9NO/c1-37-25-9-5-8-21(16-25)28-26(39-30(36)33(28)24-12-10-23(31)11-13-24)18-32-15-14-22(17-27(32)34)29(35)38-19-20-6-3-2-4-7-20;1-3-16-17(12-5-4-6-15(11-12)22-2)20(18(21)23-16)14-9-7-13(19)8-10-14;7-5-3-1-2-4-6-5/h2-13,16,22,26,28H,14-15,17-19H2,1H3;4-11,16-17H,3H2,1-2H3;1-4H2,(H,6,7)/t22?,26-,28-;16-,17-;/m00./s1. The summed E-state index contributed by atoms with van der Waals surface area (Å²) in [7, 11) is 3.21. The van der Waals surface area contributed by atoms with Gasteiger partial charge in [0, 0.05) is 47.4 Å². The van der Waals surface area contributed by atoms with E-state index < -0.39 is 24.2 Å². The molecule has 4 aliphatic rings. The van der Waals surface area contributed by atoms with E-state index >= 15 is 0 Å². The van der Waals surface area contributed by atoms with Crippen LogP contribution in [0.3, 0.4) is 0 Å². The van der Waals surface area contributed by atoms with Gasteiger partial charge in [0.05, 0.1) is 26.7 Å². The summed E-state index contributed by atoms with van der Waals surface area (Å²) < 4.78 is 27.6. The second-order valence-electron chi connectivity index (χ2n) is 16.8. The molecule has 4 fully saturated rings. The fourth-order valence-corrected chi connectivity index (χ4v) is 8.93. The Morgan fingerprint density at radius 3 is 1.72 bits per heavy atom. The highest BCUT2D eigenvalue weighted by Gasteiger charge is 2.46. The molecule has 4 heterocycles. The highest BCUT2D eigenvalue weighted by molar-refractivity contribution is 6.31. The van der Waals surface area contributed by atoms with Gasteiger partial charge < -0.3 is 33.9 Å². The predicted molar refractivity (Wildman–Crippen MR) is 263 cm³/mol. The summed E-state index contributed by atoms with van der Waals surface area (Å²) >= 11 is 12.0. The molecule has 1 N–H and O–H groups in total. The van der Waals surface area contributed by atoms with Crippen LogP contribution in [0, 0.1) is 5.92 Å². The molecule has 362 valence electrons. The van der Waals surface area contributed by atoms with Gasteiger partial charge in [-0.15, -0.1) is 0 Å². The molecule has 0 aromatic heterocycles. The van der Waals surface area contributed by atoms with E-state index in [1.807, 2.05) is 97.9 Å². The van der Waals surface area contributed by atoms with E-state index in [0.29, 0.717) is 34.4 Å². The van der Waals surface area contributed by atoms with Crippen molar-refractivity contribution in [2.45, 2.75) is 76.3 Å². The average molecular weight is 980 g/mol. The number of ether oxygens (including phenoxy) is 5. The molecule has 4 amide bonds. The summed E-state index contributed by atoms with van der Waals surface area (Å²) in [5.74, 6) is 0.575. The summed E-state index contributed by atoms with van der Waals surface area (Å²) in [6, 6.07) is 38.1. The monoisotopic (exact) mass is 978 g/mol. The number of nitrogens with one attached hydrogen (secondary N) is 1. The van der Waals surface area contributed by atoms with Crippen molar-refractivity contribution in [3.63, 3.8) is 0 Å². The lowest BCUT2D eigenvalue weighted by Gasteiger charge is -2.33. The summed E-state index contributed by atoms with van der Waals surface area (Å²) in [5.41, 5.74) is 4.09. The Kier molecular flexibility index (Phi) is 17.4. The van der Waals surface area contributed by atoms with Crippen molar-refractivity contribution in [1.29, 1.82) is 0 Å². The van der Waals surface area contributed by atoms with E-state index in [1.54, 1.807) is 65.3 Å². The first-order chi connectivity index (χ1) is 33.5. The number of cyclic esters (lactones) is 2. The fraction of sp³-hybridized carbons (Fsp3) is 0.340. The Balaban J connectivity index is 0.000000196. The predicted octanol–water partition coefficient (Wildman–Crippen LogP) is 10.5. The number of benzene rings is 5. The van der Waals surface area contributed by atoms with Crippen molar-refractivity contribution in [3.8, 4) is 11.5 Å². The van der Waals surface area contributed by atoms with E-state index in [9.17, 15) is 24.0 Å². The van der Waals surface area contributed by atoms with E-state index in [1.165, 1.54) is 0 Å².